The van der Waals surface area contributed by atoms with E-state index in [1.165, 1.54) is 0 Å². The Morgan fingerprint density at radius 1 is 1.23 bits per heavy atom. The maximum atomic E-state index is 12.4. The van der Waals surface area contributed by atoms with E-state index in [0.717, 1.165) is 11.3 Å². The molecule has 0 amide bonds. The molecule has 1 aromatic heterocycles. The van der Waals surface area contributed by atoms with Gasteiger partial charge in [0.2, 0.25) is 0 Å². The highest BCUT2D eigenvalue weighted by atomic mass is 16.5. The lowest BCUT2D eigenvalue weighted by Gasteiger charge is -2.22. The zero-order valence-electron chi connectivity index (χ0n) is 13.3. The maximum absolute atomic E-state index is 12.4. The minimum absolute atomic E-state index is 0.222. The fourth-order valence-electron chi connectivity index (χ4n) is 2.57. The molecule has 0 spiro atoms. The van der Waals surface area contributed by atoms with Crippen molar-refractivity contribution in [2.45, 2.75) is 39.2 Å². The van der Waals surface area contributed by atoms with Gasteiger partial charge >= 0.3 is 5.97 Å². The van der Waals surface area contributed by atoms with Crippen molar-refractivity contribution in [2.24, 2.45) is 0 Å². The quantitative estimate of drug-likeness (QED) is 0.828. The van der Waals surface area contributed by atoms with Gasteiger partial charge in [0.15, 0.2) is 0 Å². The van der Waals surface area contributed by atoms with E-state index in [0.29, 0.717) is 18.9 Å². The molecule has 0 radical (unpaired) electrons. The number of benzene rings is 1. The van der Waals surface area contributed by atoms with Crippen LogP contribution in [0.5, 0.6) is 5.75 Å². The van der Waals surface area contributed by atoms with Gasteiger partial charge in [-0.3, -0.25) is 0 Å². The lowest BCUT2D eigenvalue weighted by atomic mass is 10.0. The third-order valence-electron chi connectivity index (χ3n) is 3.66. The number of aromatic hydroxyl groups is 1. The fraction of sp³-hybridized carbons (Fsp3) is 0.389. The van der Waals surface area contributed by atoms with Gasteiger partial charge in [0.05, 0.1) is 6.61 Å². The summed E-state index contributed by atoms with van der Waals surface area (Å²) in [6.45, 7) is 6.39. The van der Waals surface area contributed by atoms with Crippen LogP contribution in [0.15, 0.2) is 42.6 Å². The molecule has 0 aliphatic rings. The van der Waals surface area contributed by atoms with Crippen molar-refractivity contribution in [2.75, 3.05) is 6.61 Å². The van der Waals surface area contributed by atoms with E-state index >= 15 is 0 Å². The third-order valence-corrected chi connectivity index (χ3v) is 3.66. The molecule has 4 heteroatoms. The molecule has 0 saturated carbocycles. The van der Waals surface area contributed by atoms with E-state index in [1.54, 1.807) is 12.1 Å². The summed E-state index contributed by atoms with van der Waals surface area (Å²) in [5, 5.41) is 9.39. The first-order chi connectivity index (χ1) is 10.5. The zero-order chi connectivity index (χ0) is 16.1. The Hall–Kier alpha value is -2.23. The molecule has 2 rings (SSSR count). The van der Waals surface area contributed by atoms with Gasteiger partial charge in [-0.15, -0.1) is 0 Å². The van der Waals surface area contributed by atoms with Crippen molar-refractivity contribution < 1.29 is 14.6 Å². The lowest BCUT2D eigenvalue weighted by Crippen LogP contribution is -2.25. The second kappa shape index (κ2) is 7.16. The second-order valence-electron chi connectivity index (χ2n) is 5.63. The average Bonchev–Trinajstić information content (AvgIpc) is 2.96. The molecule has 1 heterocycles. The molecule has 118 valence electrons. The minimum Gasteiger partial charge on any atom is -0.508 e. The van der Waals surface area contributed by atoms with Crippen molar-refractivity contribution in [3.8, 4) is 5.75 Å². The van der Waals surface area contributed by atoms with Gasteiger partial charge in [0.25, 0.3) is 0 Å². The van der Waals surface area contributed by atoms with E-state index in [-0.39, 0.29) is 11.7 Å². The van der Waals surface area contributed by atoms with E-state index in [4.69, 9.17) is 4.74 Å². The van der Waals surface area contributed by atoms with Crippen LogP contribution in [0.1, 0.15) is 44.0 Å². The van der Waals surface area contributed by atoms with Crippen molar-refractivity contribution in [3.63, 3.8) is 0 Å². The molecule has 0 unspecified atom stereocenters. The summed E-state index contributed by atoms with van der Waals surface area (Å²) in [5.74, 6) is 0.320. The van der Waals surface area contributed by atoms with Crippen LogP contribution in [-0.2, 0) is 16.0 Å². The van der Waals surface area contributed by atoms with Crippen molar-refractivity contribution in [1.82, 2.24) is 4.57 Å². The summed E-state index contributed by atoms with van der Waals surface area (Å²) < 4.78 is 7.24. The summed E-state index contributed by atoms with van der Waals surface area (Å²) in [7, 11) is 0. The van der Waals surface area contributed by atoms with Crippen LogP contribution in [0.2, 0.25) is 0 Å². The number of phenols is 1. The van der Waals surface area contributed by atoms with Crippen LogP contribution in [0.4, 0.5) is 0 Å². The van der Waals surface area contributed by atoms with Crippen LogP contribution < -0.4 is 0 Å². The summed E-state index contributed by atoms with van der Waals surface area (Å²) in [6.07, 6.45) is 2.46. The van der Waals surface area contributed by atoms with Gasteiger partial charge < -0.3 is 14.4 Å². The van der Waals surface area contributed by atoms with Crippen molar-refractivity contribution in [1.29, 1.82) is 0 Å². The highest BCUT2D eigenvalue weighted by Gasteiger charge is 2.24. The largest absolute Gasteiger partial charge is 0.508 e. The second-order valence-corrected chi connectivity index (χ2v) is 5.63. The molecule has 1 atom stereocenters. The molecular weight excluding hydrogens is 278 g/mol. The lowest BCUT2D eigenvalue weighted by molar-refractivity contribution is -0.147. The first-order valence-corrected chi connectivity index (χ1v) is 7.64. The van der Waals surface area contributed by atoms with Gasteiger partial charge in [0.1, 0.15) is 11.8 Å². The first-order valence-electron chi connectivity index (χ1n) is 7.64. The first kappa shape index (κ1) is 16.1. The fourth-order valence-corrected chi connectivity index (χ4v) is 2.57. The summed E-state index contributed by atoms with van der Waals surface area (Å²) in [4.78, 5) is 12.4. The standard InChI is InChI=1S/C18H23NO3/c1-4-22-18(21)17(12-14-7-9-15(20)10-8-14)19-11-5-6-16(19)13(2)3/h5-11,13,17,20H,4,12H2,1-3H3/t17-/m0/s1. The van der Waals surface area contributed by atoms with Crippen LogP contribution in [0, 0.1) is 0 Å². The number of hydrogen-bond donors (Lipinski definition) is 1. The predicted octanol–water partition coefficient (Wildman–Crippen LogP) is 3.66. The van der Waals surface area contributed by atoms with Gasteiger partial charge in [-0.25, -0.2) is 4.79 Å². The summed E-state index contributed by atoms with van der Waals surface area (Å²) in [5.41, 5.74) is 2.09. The Morgan fingerprint density at radius 3 is 2.50 bits per heavy atom. The third kappa shape index (κ3) is 3.70. The van der Waals surface area contributed by atoms with E-state index in [1.807, 2.05) is 42.0 Å². The number of carbonyl (C=O) groups is 1. The van der Waals surface area contributed by atoms with Gasteiger partial charge in [-0.05, 0) is 42.7 Å². The van der Waals surface area contributed by atoms with E-state index < -0.39 is 6.04 Å². The highest BCUT2D eigenvalue weighted by Crippen LogP contribution is 2.24. The van der Waals surface area contributed by atoms with Gasteiger partial charge in [-0.1, -0.05) is 26.0 Å². The van der Waals surface area contributed by atoms with Crippen molar-refractivity contribution in [3.05, 3.63) is 53.9 Å². The van der Waals surface area contributed by atoms with Crippen LogP contribution in [0.25, 0.3) is 0 Å². The molecule has 0 saturated heterocycles. The Bertz CT molecular complexity index is 614. The molecule has 1 aromatic carbocycles. The predicted molar refractivity (Wildman–Crippen MR) is 86.0 cm³/mol. The molecule has 4 nitrogen and oxygen atoms in total. The Balaban J connectivity index is 2.32. The number of carbonyl (C=O) groups excluding carboxylic acids is 1. The maximum Gasteiger partial charge on any atom is 0.329 e. The number of hydrogen-bond acceptors (Lipinski definition) is 3. The number of phenolic OH excluding ortho intramolecular Hbond substituents is 1. The zero-order valence-corrected chi connectivity index (χ0v) is 13.3. The van der Waals surface area contributed by atoms with Crippen LogP contribution >= 0.6 is 0 Å². The van der Waals surface area contributed by atoms with E-state index in [9.17, 15) is 9.90 Å². The molecule has 0 aliphatic heterocycles. The molecule has 2 aromatic rings. The monoisotopic (exact) mass is 301 g/mol. The molecular formula is C18H23NO3. The molecule has 0 bridgehead atoms. The van der Waals surface area contributed by atoms with Gasteiger partial charge in [-0.2, -0.15) is 0 Å². The Kier molecular flexibility index (Phi) is 5.26. The molecule has 0 aliphatic carbocycles. The Morgan fingerprint density at radius 2 is 1.91 bits per heavy atom. The molecule has 0 fully saturated rings. The number of nitrogens with zero attached hydrogens (tertiary/aromatic N) is 1. The number of esters is 1. The highest BCUT2D eigenvalue weighted by molar-refractivity contribution is 5.75. The average molecular weight is 301 g/mol. The normalized spacial score (nSPS) is 12.4. The van der Waals surface area contributed by atoms with Crippen molar-refractivity contribution >= 4 is 5.97 Å². The van der Waals surface area contributed by atoms with Crippen LogP contribution in [0.3, 0.4) is 0 Å². The smallest absolute Gasteiger partial charge is 0.329 e. The Labute approximate surface area is 131 Å². The SMILES string of the molecule is CCOC(=O)[C@H](Cc1ccc(O)cc1)n1cccc1C(C)C. The molecule has 22 heavy (non-hydrogen) atoms. The topological polar surface area (TPSA) is 51.5 Å². The number of rotatable bonds is 6. The molecule has 1 N–H and O–H groups in total. The minimum atomic E-state index is -0.392. The van der Waals surface area contributed by atoms with E-state index in [2.05, 4.69) is 13.8 Å². The summed E-state index contributed by atoms with van der Waals surface area (Å²) >= 11 is 0. The number of aromatic nitrogens is 1. The van der Waals surface area contributed by atoms with Gasteiger partial charge in [0, 0.05) is 18.3 Å². The summed E-state index contributed by atoms with van der Waals surface area (Å²) in [6, 6.07) is 10.5. The number of ether oxygens (including phenoxy) is 1. The van der Waals surface area contributed by atoms with Crippen LogP contribution in [-0.4, -0.2) is 22.2 Å².